The summed E-state index contributed by atoms with van der Waals surface area (Å²) in [5.41, 5.74) is 7.89. The quantitative estimate of drug-likeness (QED) is 0.768. The third kappa shape index (κ3) is 3.38. The van der Waals surface area contributed by atoms with E-state index >= 15 is 0 Å². The van der Waals surface area contributed by atoms with E-state index in [1.54, 1.807) is 6.07 Å². The van der Waals surface area contributed by atoms with Gasteiger partial charge in [-0.3, -0.25) is 4.79 Å². The molecule has 1 aliphatic rings. The number of primary amides is 1. The highest BCUT2D eigenvalue weighted by Crippen LogP contribution is 2.28. The van der Waals surface area contributed by atoms with Crippen LogP contribution in [0.2, 0.25) is 0 Å². The maximum Gasteiger partial charge on any atom is 0.248 e. The minimum atomic E-state index is -0.397. The molecule has 4 N–H and O–H groups in total. The summed E-state index contributed by atoms with van der Waals surface area (Å²) in [7, 11) is 0. The van der Waals surface area contributed by atoms with Crippen molar-refractivity contribution in [2.45, 2.75) is 51.1 Å². The zero-order chi connectivity index (χ0) is 14.6. The number of amides is 1. The zero-order valence-corrected chi connectivity index (χ0v) is 12.1. The van der Waals surface area contributed by atoms with Gasteiger partial charge in [0.05, 0.1) is 6.61 Å². The van der Waals surface area contributed by atoms with Crippen molar-refractivity contribution >= 4 is 5.91 Å². The molecule has 1 amide bonds. The summed E-state index contributed by atoms with van der Waals surface area (Å²) < 4.78 is 0. The van der Waals surface area contributed by atoms with Crippen LogP contribution in [0.1, 0.15) is 53.6 Å². The Morgan fingerprint density at radius 2 is 2.05 bits per heavy atom. The third-order valence-electron chi connectivity index (χ3n) is 4.39. The second-order valence-electron chi connectivity index (χ2n) is 5.86. The number of nitrogens with two attached hydrogens (primary N) is 1. The summed E-state index contributed by atoms with van der Waals surface area (Å²) >= 11 is 0. The SMILES string of the molecule is Cc1cc(C(N)=O)ccc1CNC1(CO)CCCCC1. The van der Waals surface area contributed by atoms with Gasteiger partial charge in [0.2, 0.25) is 5.91 Å². The first-order valence-electron chi connectivity index (χ1n) is 7.31. The lowest BCUT2D eigenvalue weighted by Crippen LogP contribution is -2.49. The number of carbonyl (C=O) groups is 1. The van der Waals surface area contributed by atoms with Gasteiger partial charge in [0.25, 0.3) is 0 Å². The lowest BCUT2D eigenvalue weighted by Gasteiger charge is -2.37. The monoisotopic (exact) mass is 276 g/mol. The van der Waals surface area contributed by atoms with Crippen LogP contribution in [0.15, 0.2) is 18.2 Å². The number of aliphatic hydroxyl groups is 1. The van der Waals surface area contributed by atoms with E-state index in [1.807, 2.05) is 19.1 Å². The van der Waals surface area contributed by atoms with Gasteiger partial charge in [-0.25, -0.2) is 0 Å². The van der Waals surface area contributed by atoms with E-state index in [-0.39, 0.29) is 12.1 Å². The number of aryl methyl sites for hydroxylation is 1. The van der Waals surface area contributed by atoms with E-state index in [2.05, 4.69) is 5.32 Å². The van der Waals surface area contributed by atoms with Crippen LogP contribution in [0.3, 0.4) is 0 Å². The second kappa shape index (κ2) is 6.37. The van der Waals surface area contributed by atoms with E-state index in [0.717, 1.165) is 24.0 Å². The number of hydrogen-bond donors (Lipinski definition) is 3. The van der Waals surface area contributed by atoms with Gasteiger partial charge in [-0.05, 0) is 43.0 Å². The molecule has 0 atom stereocenters. The molecule has 0 heterocycles. The molecule has 1 aromatic carbocycles. The van der Waals surface area contributed by atoms with Crippen molar-refractivity contribution in [1.82, 2.24) is 5.32 Å². The number of aliphatic hydroxyl groups excluding tert-OH is 1. The Morgan fingerprint density at radius 1 is 1.35 bits per heavy atom. The molecule has 4 nitrogen and oxygen atoms in total. The van der Waals surface area contributed by atoms with Crippen molar-refractivity contribution < 1.29 is 9.90 Å². The van der Waals surface area contributed by atoms with Crippen LogP contribution < -0.4 is 11.1 Å². The maximum absolute atomic E-state index is 11.1. The minimum absolute atomic E-state index is 0.132. The van der Waals surface area contributed by atoms with Crippen LogP contribution in [0, 0.1) is 6.92 Å². The van der Waals surface area contributed by atoms with Gasteiger partial charge in [0.15, 0.2) is 0 Å². The molecule has 0 bridgehead atoms. The predicted octanol–water partition coefficient (Wildman–Crippen LogP) is 1.88. The summed E-state index contributed by atoms with van der Waals surface area (Å²) in [6, 6.07) is 5.53. The van der Waals surface area contributed by atoms with E-state index in [0.29, 0.717) is 12.1 Å². The molecule has 20 heavy (non-hydrogen) atoms. The number of nitrogens with one attached hydrogen (secondary N) is 1. The standard InChI is InChI=1S/C16H24N2O2/c1-12-9-13(15(17)20)5-6-14(12)10-18-16(11-19)7-3-2-4-8-16/h5-6,9,18-19H,2-4,7-8,10-11H2,1H3,(H2,17,20). The Bertz CT molecular complexity index is 479. The summed E-state index contributed by atoms with van der Waals surface area (Å²) in [6.07, 6.45) is 5.67. The molecule has 110 valence electrons. The summed E-state index contributed by atoms with van der Waals surface area (Å²) in [6.45, 7) is 2.88. The van der Waals surface area contributed by atoms with Gasteiger partial charge in [0.1, 0.15) is 0 Å². The lowest BCUT2D eigenvalue weighted by molar-refractivity contribution is 0.1000. The van der Waals surface area contributed by atoms with Crippen LogP contribution >= 0.6 is 0 Å². The van der Waals surface area contributed by atoms with Crippen LogP contribution in [-0.4, -0.2) is 23.2 Å². The molecule has 0 spiro atoms. The molecule has 2 rings (SSSR count). The largest absolute Gasteiger partial charge is 0.394 e. The first-order chi connectivity index (χ1) is 9.56. The lowest BCUT2D eigenvalue weighted by atomic mass is 9.82. The number of hydrogen-bond acceptors (Lipinski definition) is 3. The normalized spacial score (nSPS) is 17.9. The van der Waals surface area contributed by atoms with E-state index in [9.17, 15) is 9.90 Å². The Balaban J connectivity index is 2.04. The predicted molar refractivity (Wildman–Crippen MR) is 79.4 cm³/mol. The highest BCUT2D eigenvalue weighted by Gasteiger charge is 2.30. The first-order valence-corrected chi connectivity index (χ1v) is 7.31. The topological polar surface area (TPSA) is 75.4 Å². The van der Waals surface area contributed by atoms with Gasteiger partial charge in [0, 0.05) is 17.6 Å². The van der Waals surface area contributed by atoms with Gasteiger partial charge in [-0.1, -0.05) is 25.3 Å². The van der Waals surface area contributed by atoms with Crippen molar-refractivity contribution in [2.75, 3.05) is 6.61 Å². The Morgan fingerprint density at radius 3 is 2.60 bits per heavy atom. The third-order valence-corrected chi connectivity index (χ3v) is 4.39. The molecule has 0 aromatic heterocycles. The average molecular weight is 276 g/mol. The maximum atomic E-state index is 11.1. The van der Waals surface area contributed by atoms with Gasteiger partial charge in [-0.15, -0.1) is 0 Å². The van der Waals surface area contributed by atoms with Gasteiger partial charge in [-0.2, -0.15) is 0 Å². The smallest absolute Gasteiger partial charge is 0.248 e. The number of benzene rings is 1. The fourth-order valence-corrected chi connectivity index (χ4v) is 2.95. The molecule has 0 saturated heterocycles. The number of carbonyl (C=O) groups excluding carboxylic acids is 1. The summed E-state index contributed by atoms with van der Waals surface area (Å²) in [5, 5.41) is 13.2. The molecule has 1 saturated carbocycles. The molecule has 1 aliphatic carbocycles. The highest BCUT2D eigenvalue weighted by molar-refractivity contribution is 5.93. The molecule has 4 heteroatoms. The second-order valence-corrected chi connectivity index (χ2v) is 5.86. The van der Waals surface area contributed by atoms with Crippen LogP contribution in [0.5, 0.6) is 0 Å². The minimum Gasteiger partial charge on any atom is -0.394 e. The van der Waals surface area contributed by atoms with Crippen LogP contribution in [-0.2, 0) is 6.54 Å². The molecular formula is C16H24N2O2. The molecule has 0 unspecified atom stereocenters. The van der Waals surface area contributed by atoms with E-state index in [4.69, 9.17) is 5.73 Å². The first kappa shape index (κ1) is 15.0. The van der Waals surface area contributed by atoms with Crippen LogP contribution in [0.25, 0.3) is 0 Å². The highest BCUT2D eigenvalue weighted by atomic mass is 16.3. The van der Waals surface area contributed by atoms with Crippen molar-refractivity contribution in [1.29, 1.82) is 0 Å². The fraction of sp³-hybridized carbons (Fsp3) is 0.562. The Hall–Kier alpha value is -1.39. The van der Waals surface area contributed by atoms with E-state index in [1.165, 1.54) is 19.3 Å². The molecular weight excluding hydrogens is 252 g/mol. The Labute approximate surface area is 120 Å². The Kier molecular flexibility index (Phi) is 4.78. The number of rotatable bonds is 5. The fourth-order valence-electron chi connectivity index (χ4n) is 2.95. The van der Waals surface area contributed by atoms with E-state index < -0.39 is 5.91 Å². The van der Waals surface area contributed by atoms with Crippen molar-refractivity contribution in [3.05, 3.63) is 34.9 Å². The zero-order valence-electron chi connectivity index (χ0n) is 12.1. The summed E-state index contributed by atoms with van der Waals surface area (Å²) in [5.74, 6) is -0.397. The molecule has 0 aliphatic heterocycles. The van der Waals surface area contributed by atoms with Crippen molar-refractivity contribution in [3.8, 4) is 0 Å². The van der Waals surface area contributed by atoms with Gasteiger partial charge < -0.3 is 16.2 Å². The molecule has 1 fully saturated rings. The summed E-state index contributed by atoms with van der Waals surface area (Å²) in [4.78, 5) is 11.1. The van der Waals surface area contributed by atoms with Crippen molar-refractivity contribution in [3.63, 3.8) is 0 Å². The van der Waals surface area contributed by atoms with Gasteiger partial charge >= 0.3 is 0 Å². The molecule has 0 radical (unpaired) electrons. The van der Waals surface area contributed by atoms with Crippen molar-refractivity contribution in [2.24, 2.45) is 5.73 Å². The van der Waals surface area contributed by atoms with Crippen LogP contribution in [0.4, 0.5) is 0 Å². The average Bonchev–Trinajstić information content (AvgIpc) is 2.47. The molecule has 1 aromatic rings.